The Kier molecular flexibility index (Phi) is 3.69. The van der Waals surface area contributed by atoms with Crippen molar-refractivity contribution in [1.29, 1.82) is 0 Å². The van der Waals surface area contributed by atoms with Gasteiger partial charge in [0.1, 0.15) is 11.5 Å². The largest absolute Gasteiger partial charge is 0.465 e. The highest BCUT2D eigenvalue weighted by Crippen LogP contribution is 2.52. The van der Waals surface area contributed by atoms with Gasteiger partial charge in [-0.3, -0.25) is 9.59 Å². The Morgan fingerprint density at radius 3 is 3.13 bits per heavy atom. The fraction of sp³-hybridized carbons (Fsp3) is 0.765. The standard InChI is InChI=1S/C17H23NO5/c1-2-7-22-16(20)13-12-5-6-17(23-12)10-18(15(19)14(13)17)9-11-4-3-8-21-11/h5-6,11-14H,2-4,7-10H2,1H3/t11-,12-,13+,14+,17-/m1/s1. The van der Waals surface area contributed by atoms with Gasteiger partial charge in [0.15, 0.2) is 0 Å². The predicted octanol–water partition coefficient (Wildman–Crippen LogP) is 0.901. The molecule has 1 spiro atoms. The Hall–Kier alpha value is -1.40. The Bertz CT molecular complexity index is 541. The quantitative estimate of drug-likeness (QED) is 0.556. The summed E-state index contributed by atoms with van der Waals surface area (Å²) >= 11 is 0. The van der Waals surface area contributed by atoms with Crippen molar-refractivity contribution in [2.24, 2.45) is 11.8 Å². The molecule has 6 nitrogen and oxygen atoms in total. The summed E-state index contributed by atoms with van der Waals surface area (Å²) in [5, 5.41) is 0. The molecule has 4 rings (SSSR count). The summed E-state index contributed by atoms with van der Waals surface area (Å²) in [5.41, 5.74) is -0.643. The lowest BCUT2D eigenvalue weighted by molar-refractivity contribution is -0.154. The fourth-order valence-electron chi connectivity index (χ4n) is 4.33. The second kappa shape index (κ2) is 5.60. The van der Waals surface area contributed by atoms with Gasteiger partial charge in [-0.1, -0.05) is 19.1 Å². The number of esters is 1. The van der Waals surface area contributed by atoms with Crippen LogP contribution in [0.3, 0.4) is 0 Å². The van der Waals surface area contributed by atoms with Crippen molar-refractivity contribution in [3.63, 3.8) is 0 Å². The molecule has 0 aliphatic carbocycles. The van der Waals surface area contributed by atoms with E-state index in [4.69, 9.17) is 14.2 Å². The van der Waals surface area contributed by atoms with E-state index in [1.165, 1.54) is 0 Å². The van der Waals surface area contributed by atoms with E-state index in [-0.39, 0.29) is 24.1 Å². The van der Waals surface area contributed by atoms with Crippen molar-refractivity contribution in [2.75, 3.05) is 26.3 Å². The molecule has 126 valence electrons. The molecule has 23 heavy (non-hydrogen) atoms. The minimum absolute atomic E-state index is 0.00537. The van der Waals surface area contributed by atoms with E-state index in [2.05, 4.69) is 0 Å². The highest BCUT2D eigenvalue weighted by atomic mass is 16.6. The summed E-state index contributed by atoms with van der Waals surface area (Å²) in [6, 6.07) is 0. The first-order chi connectivity index (χ1) is 11.1. The second-order valence-electron chi connectivity index (χ2n) is 6.92. The zero-order chi connectivity index (χ0) is 16.0. The van der Waals surface area contributed by atoms with Gasteiger partial charge < -0.3 is 19.1 Å². The van der Waals surface area contributed by atoms with Gasteiger partial charge in [0.25, 0.3) is 0 Å². The van der Waals surface area contributed by atoms with Crippen LogP contribution in [0, 0.1) is 11.8 Å². The van der Waals surface area contributed by atoms with Gasteiger partial charge in [-0.25, -0.2) is 0 Å². The summed E-state index contributed by atoms with van der Waals surface area (Å²) in [6.45, 7) is 4.22. The minimum atomic E-state index is -0.643. The third-order valence-corrected chi connectivity index (χ3v) is 5.35. The Morgan fingerprint density at radius 2 is 2.39 bits per heavy atom. The molecule has 0 radical (unpaired) electrons. The molecule has 0 aromatic heterocycles. The number of carbonyl (C=O) groups is 2. The number of fused-ring (bicyclic) bond motifs is 1. The molecule has 0 unspecified atom stereocenters. The van der Waals surface area contributed by atoms with Gasteiger partial charge in [-0.05, 0) is 19.3 Å². The first kappa shape index (κ1) is 15.1. The number of nitrogens with zero attached hydrogens (tertiary/aromatic N) is 1. The maximum atomic E-state index is 12.9. The highest BCUT2D eigenvalue weighted by Gasteiger charge is 2.67. The van der Waals surface area contributed by atoms with Crippen LogP contribution in [-0.2, 0) is 23.8 Å². The first-order valence-electron chi connectivity index (χ1n) is 8.59. The Balaban J connectivity index is 1.52. The maximum Gasteiger partial charge on any atom is 0.312 e. The molecule has 0 aromatic carbocycles. The number of hydrogen-bond donors (Lipinski definition) is 0. The molecule has 2 bridgehead atoms. The SMILES string of the molecule is CCCOC(=O)[C@@H]1[C@H]2C(=O)N(C[C@H]3CCCO3)C[C@]23C=C[C@H]1O3. The van der Waals surface area contributed by atoms with Crippen molar-refractivity contribution in [1.82, 2.24) is 4.90 Å². The molecule has 0 aromatic rings. The number of ether oxygens (including phenoxy) is 3. The van der Waals surface area contributed by atoms with Crippen molar-refractivity contribution in [3.05, 3.63) is 12.2 Å². The molecule has 4 aliphatic heterocycles. The van der Waals surface area contributed by atoms with Crippen LogP contribution in [-0.4, -0.2) is 60.9 Å². The zero-order valence-electron chi connectivity index (χ0n) is 13.4. The fourth-order valence-corrected chi connectivity index (χ4v) is 4.33. The summed E-state index contributed by atoms with van der Waals surface area (Å²) < 4.78 is 17.0. The van der Waals surface area contributed by atoms with E-state index in [9.17, 15) is 9.59 Å². The predicted molar refractivity (Wildman–Crippen MR) is 80.5 cm³/mol. The molecule has 1 amide bonds. The molecule has 4 heterocycles. The van der Waals surface area contributed by atoms with Gasteiger partial charge in [-0.2, -0.15) is 0 Å². The van der Waals surface area contributed by atoms with Crippen LogP contribution in [0.2, 0.25) is 0 Å². The average Bonchev–Trinajstić information content (AvgIpc) is 3.28. The Morgan fingerprint density at radius 1 is 1.52 bits per heavy atom. The van der Waals surface area contributed by atoms with Crippen LogP contribution >= 0.6 is 0 Å². The molecule has 0 saturated carbocycles. The monoisotopic (exact) mass is 321 g/mol. The van der Waals surface area contributed by atoms with E-state index in [1.807, 2.05) is 24.0 Å². The third-order valence-electron chi connectivity index (χ3n) is 5.35. The summed E-state index contributed by atoms with van der Waals surface area (Å²) in [6.07, 6.45) is 6.48. The molecule has 0 N–H and O–H groups in total. The van der Waals surface area contributed by atoms with Crippen LogP contribution < -0.4 is 0 Å². The Labute approximate surface area is 135 Å². The maximum absolute atomic E-state index is 12.9. The molecule has 6 heteroatoms. The number of hydrogen-bond acceptors (Lipinski definition) is 5. The normalized spacial score (nSPS) is 40.9. The van der Waals surface area contributed by atoms with Crippen molar-refractivity contribution in [2.45, 2.75) is 44.0 Å². The molecule has 5 atom stereocenters. The van der Waals surface area contributed by atoms with E-state index >= 15 is 0 Å². The molecule has 3 saturated heterocycles. The van der Waals surface area contributed by atoms with Crippen LogP contribution in [0.4, 0.5) is 0 Å². The zero-order valence-corrected chi connectivity index (χ0v) is 13.4. The minimum Gasteiger partial charge on any atom is -0.465 e. The number of likely N-dealkylation sites (tertiary alicyclic amines) is 1. The third kappa shape index (κ3) is 2.31. The van der Waals surface area contributed by atoms with Gasteiger partial charge in [0, 0.05) is 13.2 Å². The van der Waals surface area contributed by atoms with Crippen molar-refractivity contribution in [3.8, 4) is 0 Å². The van der Waals surface area contributed by atoms with E-state index < -0.39 is 17.4 Å². The number of rotatable bonds is 5. The summed E-state index contributed by atoms with van der Waals surface area (Å²) in [7, 11) is 0. The smallest absolute Gasteiger partial charge is 0.312 e. The number of carbonyl (C=O) groups excluding carboxylic acids is 2. The van der Waals surface area contributed by atoms with E-state index in [1.54, 1.807) is 0 Å². The lowest BCUT2D eigenvalue weighted by atomic mass is 9.77. The number of amides is 1. The van der Waals surface area contributed by atoms with E-state index in [0.717, 1.165) is 25.9 Å². The summed E-state index contributed by atoms with van der Waals surface area (Å²) in [5.74, 6) is -1.25. The van der Waals surface area contributed by atoms with Crippen molar-refractivity contribution >= 4 is 11.9 Å². The summed E-state index contributed by atoms with van der Waals surface area (Å²) in [4.78, 5) is 27.1. The lowest BCUT2D eigenvalue weighted by Crippen LogP contribution is -2.40. The second-order valence-corrected chi connectivity index (χ2v) is 6.92. The van der Waals surface area contributed by atoms with Crippen LogP contribution in [0.5, 0.6) is 0 Å². The topological polar surface area (TPSA) is 65.1 Å². The molecule has 3 fully saturated rings. The molecular weight excluding hydrogens is 298 g/mol. The molecular formula is C17H23NO5. The highest BCUT2D eigenvalue weighted by molar-refractivity contribution is 5.91. The van der Waals surface area contributed by atoms with E-state index in [0.29, 0.717) is 19.7 Å². The average molecular weight is 321 g/mol. The van der Waals surface area contributed by atoms with Gasteiger partial charge in [0.2, 0.25) is 5.91 Å². The lowest BCUT2D eigenvalue weighted by Gasteiger charge is -2.23. The first-order valence-corrected chi connectivity index (χ1v) is 8.59. The van der Waals surface area contributed by atoms with Crippen LogP contribution in [0.15, 0.2) is 12.2 Å². The van der Waals surface area contributed by atoms with Gasteiger partial charge in [-0.15, -0.1) is 0 Å². The van der Waals surface area contributed by atoms with Crippen LogP contribution in [0.1, 0.15) is 26.2 Å². The van der Waals surface area contributed by atoms with Crippen molar-refractivity contribution < 1.29 is 23.8 Å². The van der Waals surface area contributed by atoms with Gasteiger partial charge >= 0.3 is 5.97 Å². The van der Waals surface area contributed by atoms with Gasteiger partial charge in [0.05, 0.1) is 31.3 Å². The molecule has 4 aliphatic rings. The van der Waals surface area contributed by atoms with Crippen LogP contribution in [0.25, 0.3) is 0 Å².